The lowest BCUT2D eigenvalue weighted by Crippen LogP contribution is -2.10. The zero-order chi connectivity index (χ0) is 31.0. The topological polar surface area (TPSA) is 233 Å². The minimum absolute atomic E-state index is 0.0751. The molecule has 6 N–H and O–H groups in total. The van der Waals surface area contributed by atoms with E-state index >= 15 is 0 Å². The molecule has 16 heteroatoms. The van der Waals surface area contributed by atoms with E-state index in [9.17, 15) is 41.3 Å². The van der Waals surface area contributed by atoms with Crippen LogP contribution in [0.2, 0.25) is 0 Å². The molecule has 2 aliphatic rings. The van der Waals surface area contributed by atoms with Gasteiger partial charge in [0.15, 0.2) is 0 Å². The van der Waals surface area contributed by atoms with E-state index in [1.165, 1.54) is 12.1 Å². The van der Waals surface area contributed by atoms with Crippen molar-refractivity contribution in [2.24, 2.45) is 0 Å². The van der Waals surface area contributed by atoms with Gasteiger partial charge < -0.3 is 20.6 Å². The average Bonchev–Trinajstić information content (AvgIpc) is 3.30. The molecule has 5 rings (SSSR count). The number of fused-ring (bicyclic) bond motifs is 6. The van der Waals surface area contributed by atoms with Crippen LogP contribution in [0.3, 0.4) is 0 Å². The number of phenols is 3. The van der Waals surface area contributed by atoms with Crippen molar-refractivity contribution in [2.75, 3.05) is 13.1 Å². The maximum Gasteiger partial charge on any atom is 0.425 e. The summed E-state index contributed by atoms with van der Waals surface area (Å²) in [6, 6.07) is 9.50. The van der Waals surface area contributed by atoms with Crippen LogP contribution in [0.1, 0.15) is 33.4 Å². The first kappa shape index (κ1) is 31.1. The van der Waals surface area contributed by atoms with Crippen molar-refractivity contribution in [3.8, 4) is 17.2 Å². The fourth-order valence-corrected chi connectivity index (χ4v) is 6.25. The highest BCUT2D eigenvalue weighted by atomic mass is 32.2. The third-order valence-electron chi connectivity index (χ3n) is 7.03. The Balaban J connectivity index is 0.000000952. The predicted octanol–water partition coefficient (Wildman–Crippen LogP) is 1.47. The Morgan fingerprint density at radius 1 is 0.571 bits per heavy atom. The molecule has 13 nitrogen and oxygen atoms in total. The average molecular weight is 640 g/mol. The third kappa shape index (κ3) is 6.97. The maximum atomic E-state index is 12.0. The molecule has 6 bridgehead atoms. The first-order chi connectivity index (χ1) is 19.5. The molecule has 3 aromatic carbocycles. The molecule has 0 spiro atoms. The van der Waals surface area contributed by atoms with Gasteiger partial charge in [-0.3, -0.25) is 9.11 Å². The monoisotopic (exact) mass is 639 g/mol. The highest BCUT2D eigenvalue weighted by molar-refractivity contribution is 7.86. The van der Waals surface area contributed by atoms with Crippen molar-refractivity contribution in [1.82, 2.24) is 5.32 Å². The van der Waals surface area contributed by atoms with E-state index in [2.05, 4.69) is 5.32 Å². The molecule has 0 amide bonds. The molecule has 42 heavy (non-hydrogen) atoms. The molecule has 0 atom stereocenters. The van der Waals surface area contributed by atoms with Gasteiger partial charge in [-0.15, -0.1) is 12.6 Å². The van der Waals surface area contributed by atoms with Crippen LogP contribution >= 0.6 is 0 Å². The molecular formula is C26H25NO12S3. The number of para-hydroxylation sites is 1. The summed E-state index contributed by atoms with van der Waals surface area (Å²) >= 11 is 0. The zero-order valence-electron chi connectivity index (χ0n) is 21.6. The van der Waals surface area contributed by atoms with Crippen LogP contribution in [0, 0.1) is 0 Å². The number of nitrogens with one attached hydrogen (secondary N) is 1. The lowest BCUT2D eigenvalue weighted by atomic mass is 9.94. The minimum Gasteiger partial charge on any atom is -0.507 e. The van der Waals surface area contributed by atoms with Gasteiger partial charge in [-0.25, -0.2) is 0 Å². The number of hydrogen-bond acceptors (Lipinski definition) is 11. The minimum atomic E-state index is -4.61. The zero-order valence-corrected chi connectivity index (χ0v) is 24.1. The summed E-state index contributed by atoms with van der Waals surface area (Å²) in [6.45, 7) is 0.792. The first-order valence-corrected chi connectivity index (χ1v) is 16.0. The molecule has 0 unspecified atom stereocenters. The van der Waals surface area contributed by atoms with Gasteiger partial charge in [0.1, 0.15) is 17.2 Å². The van der Waals surface area contributed by atoms with Crippen LogP contribution in [-0.4, -0.2) is 67.0 Å². The fraction of sp³-hybridized carbons (Fsp3) is 0.231. The first-order valence-electron chi connectivity index (χ1n) is 12.2. The van der Waals surface area contributed by atoms with Crippen LogP contribution in [0.5, 0.6) is 17.2 Å². The maximum absolute atomic E-state index is 12.0. The Labute approximate surface area is 242 Å². The standard InChI is InChI=1S/C26H25NO9S2.O3S/c28-24-14-2-1-3-15(24)5-17-9-23(38(34,35)36)11-19(26(17)30)7-21-13-27-12-20(21)6-18-10-22(37(31,32)33)8-16(4-14)25(18)29;1-4(2)3/h1-3,8-11,27-30H,4-7,12-13H2,(H,31,32,33)(H,34,35,36);. The van der Waals surface area contributed by atoms with E-state index in [0.29, 0.717) is 24.2 Å². The van der Waals surface area contributed by atoms with Crippen molar-refractivity contribution < 1.29 is 53.9 Å². The summed E-state index contributed by atoms with van der Waals surface area (Å²) in [5.41, 5.74) is 3.09. The second kappa shape index (κ2) is 11.8. The van der Waals surface area contributed by atoms with E-state index in [-0.39, 0.29) is 65.2 Å². The van der Waals surface area contributed by atoms with Crippen LogP contribution in [0.25, 0.3) is 0 Å². The molecule has 224 valence electrons. The number of aromatic hydroxyl groups is 3. The Bertz CT molecular complexity index is 1820. The van der Waals surface area contributed by atoms with E-state index < -0.39 is 40.6 Å². The lowest BCUT2D eigenvalue weighted by molar-refractivity contribution is 0.453. The normalized spacial score (nSPS) is 15.1. The SMILES string of the molecule is O=S(=O)(O)c1cc2c(O)c(c1)Cc1cccc(c1O)Cc1cc(S(=O)(=O)O)cc(c1O)CC1=C(CNC1)C2.O=S(=O)=O. The summed E-state index contributed by atoms with van der Waals surface area (Å²) in [7, 11) is -12.3. The lowest BCUT2D eigenvalue weighted by Gasteiger charge is -2.15. The third-order valence-corrected chi connectivity index (χ3v) is 8.69. The number of benzene rings is 3. The smallest absolute Gasteiger partial charge is 0.425 e. The quantitative estimate of drug-likeness (QED) is 0.172. The van der Waals surface area contributed by atoms with E-state index in [1.54, 1.807) is 18.2 Å². The highest BCUT2D eigenvalue weighted by Gasteiger charge is 2.25. The van der Waals surface area contributed by atoms with Crippen molar-refractivity contribution in [2.45, 2.75) is 35.5 Å². The molecule has 0 aromatic heterocycles. The predicted molar refractivity (Wildman–Crippen MR) is 147 cm³/mol. The van der Waals surface area contributed by atoms with Gasteiger partial charge in [-0.1, -0.05) is 29.3 Å². The summed E-state index contributed by atoms with van der Waals surface area (Å²) in [6.07, 6.45) is 0.0763. The second-order valence-corrected chi connectivity index (χ2v) is 13.0. The molecule has 1 heterocycles. The van der Waals surface area contributed by atoms with Gasteiger partial charge in [0.25, 0.3) is 20.2 Å². The summed E-state index contributed by atoms with van der Waals surface area (Å²) in [5, 5.41) is 36.4. The van der Waals surface area contributed by atoms with Crippen molar-refractivity contribution in [1.29, 1.82) is 0 Å². The second-order valence-electron chi connectivity index (χ2n) is 9.78. The Hall–Kier alpha value is -3.80. The van der Waals surface area contributed by atoms with Crippen LogP contribution in [-0.2, 0) is 56.5 Å². The van der Waals surface area contributed by atoms with Gasteiger partial charge in [0.05, 0.1) is 9.79 Å². The van der Waals surface area contributed by atoms with Gasteiger partial charge >= 0.3 is 10.6 Å². The van der Waals surface area contributed by atoms with E-state index in [1.807, 2.05) is 0 Å². The molecule has 0 saturated heterocycles. The molecular weight excluding hydrogens is 614 g/mol. The van der Waals surface area contributed by atoms with Crippen molar-refractivity contribution in [3.05, 3.63) is 87.0 Å². The van der Waals surface area contributed by atoms with Crippen LogP contribution < -0.4 is 5.32 Å². The summed E-state index contributed by atoms with van der Waals surface area (Å²) < 4.78 is 93.0. The van der Waals surface area contributed by atoms with Crippen LogP contribution in [0.15, 0.2) is 63.4 Å². The van der Waals surface area contributed by atoms with Gasteiger partial charge in [0, 0.05) is 37.1 Å². The molecule has 0 fully saturated rings. The Morgan fingerprint density at radius 2 is 0.881 bits per heavy atom. The largest absolute Gasteiger partial charge is 0.507 e. The number of hydrogen-bond donors (Lipinski definition) is 6. The molecule has 0 radical (unpaired) electrons. The van der Waals surface area contributed by atoms with Crippen LogP contribution in [0.4, 0.5) is 0 Å². The fourth-order valence-electron chi connectivity index (χ4n) is 5.08. The summed E-state index contributed by atoms with van der Waals surface area (Å²) in [4.78, 5) is -0.786. The van der Waals surface area contributed by atoms with Crippen molar-refractivity contribution >= 4 is 30.8 Å². The molecule has 1 aliphatic carbocycles. The number of phenolic OH excluding ortho intramolecular Hbond substituents is 3. The molecule has 3 aromatic rings. The van der Waals surface area contributed by atoms with Gasteiger partial charge in [0.2, 0.25) is 0 Å². The van der Waals surface area contributed by atoms with E-state index in [4.69, 9.17) is 12.6 Å². The molecule has 0 saturated carbocycles. The van der Waals surface area contributed by atoms with E-state index in [0.717, 1.165) is 23.3 Å². The van der Waals surface area contributed by atoms with Crippen molar-refractivity contribution in [3.63, 3.8) is 0 Å². The summed E-state index contributed by atoms with van der Waals surface area (Å²) in [5.74, 6) is -0.538. The van der Waals surface area contributed by atoms with Gasteiger partial charge in [-0.2, -0.15) is 16.8 Å². The number of rotatable bonds is 2. The molecule has 1 aliphatic heterocycles. The Morgan fingerprint density at radius 3 is 1.21 bits per heavy atom. The highest BCUT2D eigenvalue weighted by Crippen LogP contribution is 2.38. The van der Waals surface area contributed by atoms with Gasteiger partial charge in [-0.05, 0) is 59.4 Å². The Kier molecular flexibility index (Phi) is 8.77.